The molecule has 1 aromatic carbocycles. The quantitative estimate of drug-likeness (QED) is 0.621. The molecule has 1 aromatic heterocycles. The van der Waals surface area contributed by atoms with Gasteiger partial charge in [0.2, 0.25) is 5.75 Å². The Bertz CT molecular complexity index is 685. The van der Waals surface area contributed by atoms with Crippen LogP contribution < -0.4 is 19.8 Å². The number of esters is 1. The molecule has 0 saturated carbocycles. The lowest BCUT2D eigenvalue weighted by Gasteiger charge is -2.10. The van der Waals surface area contributed by atoms with E-state index >= 15 is 0 Å². The molecule has 0 fully saturated rings. The van der Waals surface area contributed by atoms with Crippen LogP contribution in [0.5, 0.6) is 17.2 Å². The highest BCUT2D eigenvalue weighted by molar-refractivity contribution is 5.89. The van der Waals surface area contributed by atoms with Gasteiger partial charge in [-0.2, -0.15) is 0 Å². The first-order valence-corrected chi connectivity index (χ1v) is 5.44. The highest BCUT2D eigenvalue weighted by atomic mass is 16.6. The van der Waals surface area contributed by atoms with Gasteiger partial charge >= 0.3 is 11.6 Å². The maximum atomic E-state index is 11.7. The Morgan fingerprint density at radius 3 is 2.47 bits per heavy atom. The molecule has 100 valence electrons. The summed E-state index contributed by atoms with van der Waals surface area (Å²) < 4.78 is 20.1. The van der Waals surface area contributed by atoms with Crippen LogP contribution in [-0.4, -0.2) is 20.2 Å². The fourth-order valence-corrected chi connectivity index (χ4v) is 1.68. The van der Waals surface area contributed by atoms with E-state index in [9.17, 15) is 9.59 Å². The first-order chi connectivity index (χ1) is 9.06. The van der Waals surface area contributed by atoms with Gasteiger partial charge in [0.25, 0.3) is 0 Å². The second kappa shape index (κ2) is 5.01. The van der Waals surface area contributed by atoms with Gasteiger partial charge in [0, 0.05) is 13.0 Å². The van der Waals surface area contributed by atoms with Gasteiger partial charge in [-0.3, -0.25) is 4.79 Å². The van der Waals surface area contributed by atoms with Crippen LogP contribution in [0.15, 0.2) is 27.4 Å². The highest BCUT2D eigenvalue weighted by Gasteiger charge is 2.18. The number of hydrogen-bond donors (Lipinski definition) is 0. The molecule has 1 heterocycles. The van der Waals surface area contributed by atoms with Crippen molar-refractivity contribution in [1.82, 2.24) is 0 Å². The van der Waals surface area contributed by atoms with Gasteiger partial charge in [0.05, 0.1) is 19.6 Å². The molecule has 0 saturated heterocycles. The molecule has 0 N–H and O–H groups in total. The van der Waals surface area contributed by atoms with E-state index < -0.39 is 11.6 Å². The molecular weight excluding hydrogens is 252 g/mol. The molecule has 0 spiro atoms. The number of rotatable bonds is 3. The topological polar surface area (TPSA) is 75.0 Å². The largest absolute Gasteiger partial charge is 0.497 e. The highest BCUT2D eigenvalue weighted by Crippen LogP contribution is 2.34. The Kier molecular flexibility index (Phi) is 3.41. The number of benzene rings is 1. The van der Waals surface area contributed by atoms with Crippen molar-refractivity contribution in [2.24, 2.45) is 0 Å². The Morgan fingerprint density at radius 1 is 1.16 bits per heavy atom. The zero-order valence-corrected chi connectivity index (χ0v) is 10.7. The molecule has 0 atom stereocenters. The smallest absolute Gasteiger partial charge is 0.383 e. The summed E-state index contributed by atoms with van der Waals surface area (Å²) in [6, 6.07) is 4.82. The first kappa shape index (κ1) is 12.9. The first-order valence-electron chi connectivity index (χ1n) is 5.44. The molecule has 0 radical (unpaired) electrons. The monoisotopic (exact) mass is 264 g/mol. The standard InChI is InChI=1S/C13H12O6/c1-7(14)18-11-9-5-4-8(16-2)6-10(9)19-13(15)12(11)17-3/h4-6H,1-3H3. The van der Waals surface area contributed by atoms with E-state index in [0.717, 1.165) is 0 Å². The SMILES string of the molecule is COc1ccc2c(OC(C)=O)c(OC)c(=O)oc2c1. The maximum Gasteiger partial charge on any atom is 0.383 e. The van der Waals surface area contributed by atoms with Crippen LogP contribution in [0.3, 0.4) is 0 Å². The van der Waals surface area contributed by atoms with E-state index in [1.807, 2.05) is 0 Å². The molecule has 0 amide bonds. The van der Waals surface area contributed by atoms with Gasteiger partial charge in [-0.15, -0.1) is 0 Å². The fourth-order valence-electron chi connectivity index (χ4n) is 1.68. The van der Waals surface area contributed by atoms with Gasteiger partial charge in [0.15, 0.2) is 5.75 Å². The summed E-state index contributed by atoms with van der Waals surface area (Å²) in [5.74, 6) is -0.132. The van der Waals surface area contributed by atoms with Crippen LogP contribution in [-0.2, 0) is 4.79 Å². The van der Waals surface area contributed by atoms with Crippen molar-refractivity contribution in [3.63, 3.8) is 0 Å². The van der Waals surface area contributed by atoms with Crippen LogP contribution in [0.1, 0.15) is 6.92 Å². The molecule has 6 heteroatoms. The third-order valence-electron chi connectivity index (χ3n) is 2.48. The van der Waals surface area contributed by atoms with Gasteiger partial charge in [-0.1, -0.05) is 0 Å². The van der Waals surface area contributed by atoms with Crippen molar-refractivity contribution in [2.45, 2.75) is 6.92 Å². The summed E-state index contributed by atoms with van der Waals surface area (Å²) in [4.78, 5) is 22.9. The Morgan fingerprint density at radius 2 is 1.89 bits per heavy atom. The van der Waals surface area contributed by atoms with Crippen LogP contribution in [0.25, 0.3) is 11.0 Å². The molecule has 0 unspecified atom stereocenters. The molecular formula is C13H12O6. The summed E-state index contributed by atoms with van der Waals surface area (Å²) in [5, 5.41) is 0.451. The van der Waals surface area contributed by atoms with Crippen molar-refractivity contribution in [2.75, 3.05) is 14.2 Å². The molecule has 2 aromatic rings. The maximum absolute atomic E-state index is 11.7. The second-order valence-corrected chi connectivity index (χ2v) is 3.71. The van der Waals surface area contributed by atoms with Crippen LogP contribution in [0, 0.1) is 0 Å². The lowest BCUT2D eigenvalue weighted by atomic mass is 10.2. The summed E-state index contributed by atoms with van der Waals surface area (Å²) in [6.07, 6.45) is 0. The Labute approximate surface area is 108 Å². The molecule has 0 aliphatic heterocycles. The van der Waals surface area contributed by atoms with Crippen molar-refractivity contribution < 1.29 is 23.4 Å². The van der Waals surface area contributed by atoms with Crippen molar-refractivity contribution in [3.05, 3.63) is 28.6 Å². The number of methoxy groups -OCH3 is 2. The van der Waals surface area contributed by atoms with Gasteiger partial charge in [0.1, 0.15) is 11.3 Å². The van der Waals surface area contributed by atoms with E-state index in [2.05, 4.69) is 0 Å². The van der Waals surface area contributed by atoms with Crippen LogP contribution in [0.2, 0.25) is 0 Å². The summed E-state index contributed by atoms with van der Waals surface area (Å²) >= 11 is 0. The minimum absolute atomic E-state index is 0.0453. The lowest BCUT2D eigenvalue weighted by molar-refractivity contribution is -0.131. The van der Waals surface area contributed by atoms with Crippen LogP contribution >= 0.6 is 0 Å². The molecule has 0 aliphatic rings. The fraction of sp³-hybridized carbons (Fsp3) is 0.231. The number of carbonyl (C=O) groups excluding carboxylic acids is 1. The Balaban J connectivity index is 2.78. The average molecular weight is 264 g/mol. The number of hydrogen-bond acceptors (Lipinski definition) is 6. The molecule has 0 aliphatic carbocycles. The molecule has 6 nitrogen and oxygen atoms in total. The van der Waals surface area contributed by atoms with E-state index in [1.165, 1.54) is 27.2 Å². The van der Waals surface area contributed by atoms with Crippen molar-refractivity contribution in [1.29, 1.82) is 0 Å². The number of ether oxygens (including phenoxy) is 3. The molecule has 19 heavy (non-hydrogen) atoms. The second-order valence-electron chi connectivity index (χ2n) is 3.71. The minimum Gasteiger partial charge on any atom is -0.497 e. The molecule has 0 bridgehead atoms. The van der Waals surface area contributed by atoms with Crippen LogP contribution in [0.4, 0.5) is 0 Å². The third-order valence-corrected chi connectivity index (χ3v) is 2.48. The predicted octanol–water partition coefficient (Wildman–Crippen LogP) is 1.74. The van der Waals surface area contributed by atoms with Crippen molar-refractivity contribution >= 4 is 16.9 Å². The average Bonchev–Trinajstić information content (AvgIpc) is 2.37. The third kappa shape index (κ3) is 2.37. The van der Waals surface area contributed by atoms with Gasteiger partial charge in [-0.05, 0) is 12.1 Å². The van der Waals surface area contributed by atoms with E-state index in [4.69, 9.17) is 18.6 Å². The summed E-state index contributed by atoms with van der Waals surface area (Å²) in [7, 11) is 2.80. The van der Waals surface area contributed by atoms with E-state index in [-0.39, 0.29) is 17.1 Å². The summed E-state index contributed by atoms with van der Waals surface area (Å²) in [6.45, 7) is 1.24. The Hall–Kier alpha value is -2.50. The van der Waals surface area contributed by atoms with Crippen molar-refractivity contribution in [3.8, 4) is 17.2 Å². The number of fused-ring (bicyclic) bond motifs is 1. The normalized spacial score (nSPS) is 10.3. The zero-order chi connectivity index (χ0) is 14.0. The number of carbonyl (C=O) groups is 1. The van der Waals surface area contributed by atoms with Gasteiger partial charge in [-0.25, -0.2) is 4.79 Å². The minimum atomic E-state index is -0.723. The molecule has 2 rings (SSSR count). The summed E-state index contributed by atoms with van der Waals surface area (Å²) in [5.41, 5.74) is -0.471. The predicted molar refractivity (Wildman–Crippen MR) is 66.9 cm³/mol. The van der Waals surface area contributed by atoms with E-state index in [1.54, 1.807) is 12.1 Å². The lowest BCUT2D eigenvalue weighted by Crippen LogP contribution is -2.10. The zero-order valence-electron chi connectivity index (χ0n) is 10.7. The van der Waals surface area contributed by atoms with Gasteiger partial charge < -0.3 is 18.6 Å². The van der Waals surface area contributed by atoms with E-state index in [0.29, 0.717) is 11.1 Å².